The van der Waals surface area contributed by atoms with Gasteiger partial charge in [0.05, 0.1) is 15.9 Å². The Hall–Kier alpha value is -2.28. The monoisotopic (exact) mass is 652 g/mol. The summed E-state index contributed by atoms with van der Waals surface area (Å²) >= 11 is 12.1. The second kappa shape index (κ2) is 13.6. The molecule has 42 heavy (non-hydrogen) atoms. The highest BCUT2D eigenvalue weighted by Gasteiger charge is 2.27. The molecule has 0 aliphatic carbocycles. The van der Waals surface area contributed by atoms with Gasteiger partial charge < -0.3 is 5.11 Å². The molecule has 0 saturated carbocycles. The lowest BCUT2D eigenvalue weighted by atomic mass is 9.97. The zero-order valence-electron chi connectivity index (χ0n) is 23.2. The van der Waals surface area contributed by atoms with Crippen molar-refractivity contribution in [1.82, 2.24) is 9.62 Å². The molecule has 1 fully saturated rings. The molecule has 0 bridgehead atoms. The fourth-order valence-electron chi connectivity index (χ4n) is 5.29. The predicted molar refractivity (Wildman–Crippen MR) is 168 cm³/mol. The van der Waals surface area contributed by atoms with Gasteiger partial charge in [0, 0.05) is 51.4 Å². The van der Waals surface area contributed by atoms with E-state index in [-0.39, 0.29) is 16.3 Å². The second-order valence-corrected chi connectivity index (χ2v) is 14.5. The molecule has 4 aromatic rings. The maximum Gasteiger partial charge on any atom is 0.294 e. The molecule has 0 radical (unpaired) electrons. The maximum atomic E-state index is 12.8. The largest absolute Gasteiger partial charge is 0.390 e. The van der Waals surface area contributed by atoms with Crippen LogP contribution in [0.1, 0.15) is 33.1 Å². The molecule has 0 unspecified atom stereocenters. The molecule has 3 atom stereocenters. The van der Waals surface area contributed by atoms with E-state index in [2.05, 4.69) is 23.5 Å². The summed E-state index contributed by atoms with van der Waals surface area (Å²) in [6.45, 7) is 4.76. The highest BCUT2D eigenvalue weighted by atomic mass is 35.5. The van der Waals surface area contributed by atoms with Crippen LogP contribution in [-0.4, -0.2) is 62.7 Å². The van der Waals surface area contributed by atoms with E-state index in [0.717, 1.165) is 18.2 Å². The Morgan fingerprint density at radius 1 is 0.857 bits per heavy atom. The van der Waals surface area contributed by atoms with Gasteiger partial charge in [0.1, 0.15) is 0 Å². The molecule has 8 nitrogen and oxygen atoms in total. The SMILES string of the molecule is C[C@@H]1CCC[C@H](C)N1C[C@@H](O)CNS(=O)(=O)c1cccc2c(Cl)cccc12.O=S(=O)(O)c1ccc2c(Cl)cccc2c1. The molecule has 12 heteroatoms. The number of hydrogen-bond acceptors (Lipinski definition) is 6. The molecule has 5 rings (SSSR count). The predicted octanol–water partition coefficient (Wildman–Crippen LogP) is 6.14. The summed E-state index contributed by atoms with van der Waals surface area (Å²) in [5.41, 5.74) is 0. The van der Waals surface area contributed by atoms with Gasteiger partial charge in [-0.2, -0.15) is 8.42 Å². The first-order valence-electron chi connectivity index (χ1n) is 13.5. The lowest BCUT2D eigenvalue weighted by Gasteiger charge is -2.40. The number of hydrogen-bond donors (Lipinski definition) is 3. The number of nitrogens with zero attached hydrogens (tertiary/aromatic N) is 1. The topological polar surface area (TPSA) is 124 Å². The molecule has 226 valence electrons. The minimum Gasteiger partial charge on any atom is -0.390 e. The Kier molecular flexibility index (Phi) is 10.5. The Balaban J connectivity index is 0.000000227. The fourth-order valence-corrected chi connectivity index (χ4v) is 7.58. The number of piperidine rings is 1. The summed E-state index contributed by atoms with van der Waals surface area (Å²) in [6.07, 6.45) is 2.66. The molecule has 3 N–H and O–H groups in total. The van der Waals surface area contributed by atoms with Gasteiger partial charge in [0.25, 0.3) is 10.1 Å². The minimum atomic E-state index is -4.15. The average Bonchev–Trinajstić information content (AvgIpc) is 2.94. The third-order valence-corrected chi connectivity index (χ3v) is 10.5. The van der Waals surface area contributed by atoms with Gasteiger partial charge in [-0.15, -0.1) is 0 Å². The van der Waals surface area contributed by atoms with Crippen molar-refractivity contribution < 1.29 is 26.5 Å². The first kappa shape index (κ1) is 32.6. The van der Waals surface area contributed by atoms with E-state index in [0.29, 0.717) is 44.8 Å². The molecule has 1 heterocycles. The van der Waals surface area contributed by atoms with Gasteiger partial charge in [0.15, 0.2) is 0 Å². The number of fused-ring (bicyclic) bond motifs is 2. The van der Waals surface area contributed by atoms with Gasteiger partial charge in [-0.1, -0.05) is 72.1 Å². The zero-order valence-corrected chi connectivity index (χ0v) is 26.4. The minimum absolute atomic E-state index is 0.0186. The van der Waals surface area contributed by atoms with Crippen LogP contribution in [0.5, 0.6) is 0 Å². The fraction of sp³-hybridized carbons (Fsp3) is 0.333. The van der Waals surface area contributed by atoms with E-state index >= 15 is 0 Å². The quantitative estimate of drug-likeness (QED) is 0.205. The molecule has 0 spiro atoms. The van der Waals surface area contributed by atoms with E-state index < -0.39 is 26.2 Å². The van der Waals surface area contributed by atoms with Crippen LogP contribution >= 0.6 is 23.2 Å². The van der Waals surface area contributed by atoms with Crippen molar-refractivity contribution in [2.45, 2.75) is 61.1 Å². The summed E-state index contributed by atoms with van der Waals surface area (Å²) in [7, 11) is -7.90. The summed E-state index contributed by atoms with van der Waals surface area (Å²) in [6, 6.07) is 20.5. The van der Waals surface area contributed by atoms with Crippen LogP contribution in [0.3, 0.4) is 0 Å². The maximum absolute atomic E-state index is 12.8. The van der Waals surface area contributed by atoms with Crippen molar-refractivity contribution in [3.8, 4) is 0 Å². The van der Waals surface area contributed by atoms with Crippen molar-refractivity contribution in [3.05, 3.63) is 82.8 Å². The third-order valence-electron chi connectivity index (χ3n) is 7.52. The van der Waals surface area contributed by atoms with Crippen LogP contribution in [0.15, 0.2) is 82.6 Å². The molecule has 1 aliphatic rings. The summed E-state index contributed by atoms with van der Waals surface area (Å²) in [5, 5.41) is 14.2. The van der Waals surface area contributed by atoms with Crippen LogP contribution in [0.4, 0.5) is 0 Å². The van der Waals surface area contributed by atoms with Crippen molar-refractivity contribution in [1.29, 1.82) is 0 Å². The molecule has 1 saturated heterocycles. The number of sulfonamides is 1. The molecular weight excluding hydrogens is 619 g/mol. The van der Waals surface area contributed by atoms with E-state index in [1.165, 1.54) is 18.6 Å². The van der Waals surface area contributed by atoms with Gasteiger partial charge in [0.2, 0.25) is 10.0 Å². The van der Waals surface area contributed by atoms with Crippen LogP contribution in [-0.2, 0) is 20.1 Å². The molecule has 0 amide bonds. The Morgan fingerprint density at radius 2 is 1.45 bits per heavy atom. The van der Waals surface area contributed by atoms with Crippen LogP contribution in [0, 0.1) is 0 Å². The van der Waals surface area contributed by atoms with Crippen molar-refractivity contribution in [2.24, 2.45) is 0 Å². The number of β-amino-alcohol motifs (C(OH)–C–C–N with tert-alkyl or cyclic N) is 1. The van der Waals surface area contributed by atoms with Gasteiger partial charge in [-0.05, 0) is 62.4 Å². The van der Waals surface area contributed by atoms with Gasteiger partial charge in [-0.25, -0.2) is 13.1 Å². The second-order valence-electron chi connectivity index (χ2n) is 10.5. The lowest BCUT2D eigenvalue weighted by Crippen LogP contribution is -2.49. The summed E-state index contributed by atoms with van der Waals surface area (Å²) in [4.78, 5) is 2.31. The Labute approximate surface area is 257 Å². The standard InChI is InChI=1S/C20H27ClN2O3S.C10H7ClO3S/c1-14-6-3-7-15(2)23(14)13-16(24)12-22-27(25,26)20-11-5-8-17-18(20)9-4-10-19(17)21;11-10-3-1-2-7-6-8(15(12,13)14)4-5-9(7)10/h4-5,8-11,14-16,22,24H,3,6-7,12-13H2,1-2H3;1-6H,(H,12,13,14)/t14-,15+,16-;/m0./s1. The highest BCUT2D eigenvalue weighted by molar-refractivity contribution is 7.89. The summed E-state index contributed by atoms with van der Waals surface area (Å²) < 4.78 is 58.8. The number of benzene rings is 4. The van der Waals surface area contributed by atoms with Crippen LogP contribution in [0.2, 0.25) is 10.0 Å². The lowest BCUT2D eigenvalue weighted by molar-refractivity contribution is 0.0438. The van der Waals surface area contributed by atoms with Crippen molar-refractivity contribution >= 4 is 64.9 Å². The normalized spacial score (nSPS) is 18.9. The average molecular weight is 654 g/mol. The van der Waals surface area contributed by atoms with Gasteiger partial charge >= 0.3 is 0 Å². The van der Waals surface area contributed by atoms with Crippen molar-refractivity contribution in [3.63, 3.8) is 0 Å². The Morgan fingerprint density at radius 3 is 2.12 bits per heavy atom. The van der Waals surface area contributed by atoms with Crippen LogP contribution < -0.4 is 4.72 Å². The number of nitrogens with one attached hydrogen (secondary N) is 1. The molecule has 1 aliphatic heterocycles. The highest BCUT2D eigenvalue weighted by Crippen LogP contribution is 2.29. The summed E-state index contributed by atoms with van der Waals surface area (Å²) in [5.74, 6) is 0. The smallest absolute Gasteiger partial charge is 0.294 e. The van der Waals surface area contributed by atoms with E-state index in [1.807, 2.05) is 0 Å². The number of aliphatic hydroxyl groups excluding tert-OH is 1. The molecule has 4 aromatic carbocycles. The van der Waals surface area contributed by atoms with Crippen molar-refractivity contribution in [2.75, 3.05) is 13.1 Å². The van der Waals surface area contributed by atoms with Gasteiger partial charge in [-0.3, -0.25) is 9.45 Å². The zero-order chi connectivity index (χ0) is 30.7. The molecular formula is C30H34Cl2N2O6S2. The number of rotatable bonds is 7. The van der Waals surface area contributed by atoms with E-state index in [9.17, 15) is 21.9 Å². The van der Waals surface area contributed by atoms with Crippen LogP contribution in [0.25, 0.3) is 21.5 Å². The van der Waals surface area contributed by atoms with E-state index in [1.54, 1.807) is 60.7 Å². The Bertz CT molecular complexity index is 1770. The first-order chi connectivity index (χ1) is 19.8. The number of aliphatic hydroxyl groups is 1. The number of halogens is 2. The third kappa shape index (κ3) is 7.81. The van der Waals surface area contributed by atoms with E-state index in [4.69, 9.17) is 27.8 Å². The molecule has 0 aromatic heterocycles. The number of likely N-dealkylation sites (tertiary alicyclic amines) is 1. The first-order valence-corrected chi connectivity index (χ1v) is 17.2.